The lowest BCUT2D eigenvalue weighted by Gasteiger charge is -2.29. The molecule has 2 N–H and O–H groups in total. The number of aliphatic hydroxyl groups excluding tert-OH is 2. The maximum absolute atomic E-state index is 9.66. The first-order valence-corrected chi connectivity index (χ1v) is 10.6. The summed E-state index contributed by atoms with van der Waals surface area (Å²) in [6.07, 6.45) is 14.8. The van der Waals surface area contributed by atoms with Crippen LogP contribution in [0.2, 0.25) is 0 Å². The van der Waals surface area contributed by atoms with Crippen LogP contribution in [0, 0.1) is 5.41 Å². The minimum Gasteiger partial charge on any atom is -0.396 e. The molecule has 4 heteroatoms. The van der Waals surface area contributed by atoms with E-state index in [0.29, 0.717) is 26.4 Å². The average molecular weight is 361 g/mol. The van der Waals surface area contributed by atoms with Gasteiger partial charge in [0.05, 0.1) is 31.8 Å². The van der Waals surface area contributed by atoms with E-state index in [1.54, 1.807) is 0 Å². The number of hydrogen-bond acceptors (Lipinski definition) is 4. The van der Waals surface area contributed by atoms with E-state index in [0.717, 1.165) is 12.8 Å². The van der Waals surface area contributed by atoms with Crippen LogP contribution in [0.15, 0.2) is 0 Å². The molecular formula is C21H44O4. The summed E-state index contributed by atoms with van der Waals surface area (Å²) >= 11 is 0. The number of aliphatic hydroxyl groups is 2. The molecule has 0 rings (SSSR count). The fourth-order valence-corrected chi connectivity index (χ4v) is 2.82. The van der Waals surface area contributed by atoms with Crippen molar-refractivity contribution in [2.75, 3.05) is 39.6 Å². The Hall–Kier alpha value is -0.160. The number of rotatable bonds is 20. The molecule has 0 amide bonds. The molecule has 0 aromatic carbocycles. The van der Waals surface area contributed by atoms with E-state index in [2.05, 4.69) is 13.8 Å². The van der Waals surface area contributed by atoms with Gasteiger partial charge in [-0.05, 0) is 12.8 Å². The van der Waals surface area contributed by atoms with Crippen molar-refractivity contribution in [2.45, 2.75) is 90.9 Å². The van der Waals surface area contributed by atoms with Gasteiger partial charge in [-0.25, -0.2) is 0 Å². The van der Waals surface area contributed by atoms with Gasteiger partial charge in [0.1, 0.15) is 0 Å². The second-order valence-electron chi connectivity index (χ2n) is 7.46. The monoisotopic (exact) mass is 360 g/mol. The van der Waals surface area contributed by atoms with Gasteiger partial charge >= 0.3 is 0 Å². The van der Waals surface area contributed by atoms with Gasteiger partial charge in [0.15, 0.2) is 0 Å². The lowest BCUT2D eigenvalue weighted by atomic mass is 9.92. The van der Waals surface area contributed by atoms with Gasteiger partial charge in [0, 0.05) is 13.2 Å². The molecule has 0 radical (unpaired) electrons. The Bertz CT molecular complexity index is 232. The number of ether oxygens (including phenoxy) is 2. The summed E-state index contributed by atoms with van der Waals surface area (Å²) in [5.41, 5.74) is -0.662. The van der Waals surface area contributed by atoms with E-state index in [9.17, 15) is 10.2 Å². The average Bonchev–Trinajstić information content (AvgIpc) is 2.64. The van der Waals surface area contributed by atoms with Crippen LogP contribution in [0.5, 0.6) is 0 Å². The molecule has 0 unspecified atom stereocenters. The first kappa shape index (κ1) is 24.8. The van der Waals surface area contributed by atoms with E-state index in [4.69, 9.17) is 9.47 Å². The zero-order valence-corrected chi connectivity index (χ0v) is 16.9. The maximum atomic E-state index is 9.66. The molecule has 0 saturated heterocycles. The zero-order valence-electron chi connectivity index (χ0n) is 16.9. The summed E-state index contributed by atoms with van der Waals surface area (Å²) in [6, 6.07) is 0. The third-order valence-corrected chi connectivity index (χ3v) is 4.77. The second-order valence-corrected chi connectivity index (χ2v) is 7.46. The van der Waals surface area contributed by atoms with E-state index in [1.807, 2.05) is 0 Å². The van der Waals surface area contributed by atoms with Crippen molar-refractivity contribution in [1.29, 1.82) is 0 Å². The molecular weight excluding hydrogens is 316 g/mol. The predicted molar refractivity (Wildman–Crippen MR) is 105 cm³/mol. The van der Waals surface area contributed by atoms with Crippen molar-refractivity contribution >= 4 is 0 Å². The molecule has 0 aromatic rings. The Morgan fingerprint density at radius 1 is 0.560 bits per heavy atom. The molecule has 0 fully saturated rings. The van der Waals surface area contributed by atoms with E-state index in [-0.39, 0.29) is 13.2 Å². The van der Waals surface area contributed by atoms with Gasteiger partial charge < -0.3 is 19.7 Å². The van der Waals surface area contributed by atoms with Crippen molar-refractivity contribution < 1.29 is 19.7 Å². The minimum absolute atomic E-state index is 0.101. The van der Waals surface area contributed by atoms with E-state index < -0.39 is 5.41 Å². The quantitative estimate of drug-likeness (QED) is 0.309. The summed E-state index contributed by atoms with van der Waals surface area (Å²) in [5.74, 6) is 0. The van der Waals surface area contributed by atoms with Crippen LogP contribution in [0.25, 0.3) is 0 Å². The molecule has 0 aliphatic carbocycles. The number of unbranched alkanes of at least 4 members (excludes halogenated alkanes) is 10. The summed E-state index contributed by atoms with van der Waals surface area (Å²) in [6.45, 7) is 6.38. The molecule has 152 valence electrons. The van der Waals surface area contributed by atoms with Crippen LogP contribution in [0.4, 0.5) is 0 Å². The second kappa shape index (κ2) is 18.6. The van der Waals surface area contributed by atoms with Crippen LogP contribution in [0.1, 0.15) is 90.9 Å². The van der Waals surface area contributed by atoms with Crippen molar-refractivity contribution in [2.24, 2.45) is 5.41 Å². The lowest BCUT2D eigenvalue weighted by Crippen LogP contribution is -2.40. The van der Waals surface area contributed by atoms with Crippen LogP contribution >= 0.6 is 0 Å². The molecule has 0 heterocycles. The lowest BCUT2D eigenvalue weighted by molar-refractivity contribution is -0.0776. The zero-order chi connectivity index (χ0) is 18.6. The minimum atomic E-state index is -0.662. The third kappa shape index (κ3) is 14.7. The summed E-state index contributed by atoms with van der Waals surface area (Å²) < 4.78 is 11.4. The molecule has 0 spiro atoms. The van der Waals surface area contributed by atoms with E-state index in [1.165, 1.54) is 64.2 Å². The molecule has 25 heavy (non-hydrogen) atoms. The summed E-state index contributed by atoms with van der Waals surface area (Å²) in [4.78, 5) is 0. The highest BCUT2D eigenvalue weighted by Gasteiger charge is 2.29. The van der Waals surface area contributed by atoms with E-state index >= 15 is 0 Å². The summed E-state index contributed by atoms with van der Waals surface area (Å²) in [5, 5.41) is 19.3. The molecule has 0 aliphatic rings. The molecule has 0 aromatic heterocycles. The van der Waals surface area contributed by atoms with Crippen molar-refractivity contribution in [3.63, 3.8) is 0 Å². The van der Waals surface area contributed by atoms with Gasteiger partial charge in [0.25, 0.3) is 0 Å². The molecule has 0 saturated carbocycles. The molecule has 0 bridgehead atoms. The van der Waals surface area contributed by atoms with Gasteiger partial charge in [-0.1, -0.05) is 78.1 Å². The first-order chi connectivity index (χ1) is 12.2. The fourth-order valence-electron chi connectivity index (χ4n) is 2.82. The number of hydrogen-bond donors (Lipinski definition) is 2. The third-order valence-electron chi connectivity index (χ3n) is 4.77. The van der Waals surface area contributed by atoms with Gasteiger partial charge in [-0.15, -0.1) is 0 Å². The Morgan fingerprint density at radius 3 is 1.28 bits per heavy atom. The van der Waals surface area contributed by atoms with Crippen molar-refractivity contribution in [3.8, 4) is 0 Å². The van der Waals surface area contributed by atoms with Gasteiger partial charge in [-0.3, -0.25) is 0 Å². The van der Waals surface area contributed by atoms with Gasteiger partial charge in [-0.2, -0.15) is 0 Å². The maximum Gasteiger partial charge on any atom is 0.0632 e. The highest BCUT2D eigenvalue weighted by atomic mass is 16.5. The molecule has 0 aliphatic heterocycles. The Morgan fingerprint density at radius 2 is 0.920 bits per heavy atom. The Balaban J connectivity index is 3.70. The molecule has 4 nitrogen and oxygen atoms in total. The van der Waals surface area contributed by atoms with Crippen LogP contribution in [-0.4, -0.2) is 49.9 Å². The van der Waals surface area contributed by atoms with Crippen LogP contribution < -0.4 is 0 Å². The van der Waals surface area contributed by atoms with Crippen LogP contribution in [-0.2, 0) is 9.47 Å². The normalized spacial score (nSPS) is 12.0. The fraction of sp³-hybridized carbons (Fsp3) is 1.00. The standard InChI is InChI=1S/C21H44O4/c1-3-5-7-9-11-13-15-24-19-21(17-22,18-23)20-25-16-14-12-10-8-6-4-2/h22-23H,3-20H2,1-2H3. The van der Waals surface area contributed by atoms with Crippen LogP contribution in [0.3, 0.4) is 0 Å². The smallest absolute Gasteiger partial charge is 0.0632 e. The summed E-state index contributed by atoms with van der Waals surface area (Å²) in [7, 11) is 0. The first-order valence-electron chi connectivity index (χ1n) is 10.6. The Labute approximate surface area is 156 Å². The highest BCUT2D eigenvalue weighted by molar-refractivity contribution is 4.77. The van der Waals surface area contributed by atoms with Gasteiger partial charge in [0.2, 0.25) is 0 Å². The SMILES string of the molecule is CCCCCCCCOCC(CO)(CO)COCCCCCCCC. The predicted octanol–water partition coefficient (Wildman–Crippen LogP) is 4.71. The topological polar surface area (TPSA) is 58.9 Å². The molecule has 0 atom stereocenters. The largest absolute Gasteiger partial charge is 0.396 e. The van der Waals surface area contributed by atoms with Crippen molar-refractivity contribution in [1.82, 2.24) is 0 Å². The highest BCUT2D eigenvalue weighted by Crippen LogP contribution is 2.18. The van der Waals surface area contributed by atoms with Crippen molar-refractivity contribution in [3.05, 3.63) is 0 Å². The Kier molecular flexibility index (Phi) is 18.5.